The Morgan fingerprint density at radius 2 is 2.25 bits per heavy atom. The van der Waals surface area contributed by atoms with Gasteiger partial charge in [0.25, 0.3) is 0 Å². The number of halogens is 1. The zero-order valence-electron chi connectivity index (χ0n) is 10.9. The number of rotatable bonds is 3. The Hall–Kier alpha value is -1.65. The Morgan fingerprint density at radius 3 is 3.05 bits per heavy atom. The average Bonchev–Trinajstić information content (AvgIpc) is 2.88. The molecular formula is C15H15ClN2O2. The summed E-state index contributed by atoms with van der Waals surface area (Å²) in [6, 6.07) is 9.21. The number of carboxylic acids is 1. The number of fused-ring (bicyclic) bond motifs is 1. The summed E-state index contributed by atoms with van der Waals surface area (Å²) in [5.74, 6) is -0.749. The van der Waals surface area contributed by atoms with Crippen LogP contribution in [0.3, 0.4) is 0 Å². The zero-order chi connectivity index (χ0) is 14.1. The van der Waals surface area contributed by atoms with E-state index in [9.17, 15) is 9.90 Å². The largest absolute Gasteiger partial charge is 0.480 e. The summed E-state index contributed by atoms with van der Waals surface area (Å²) in [6.07, 6.45) is 1.63. The molecule has 1 aromatic heterocycles. The average molecular weight is 291 g/mol. The second-order valence-corrected chi connectivity index (χ2v) is 5.49. The Morgan fingerprint density at radius 1 is 1.40 bits per heavy atom. The molecule has 0 aliphatic carbocycles. The maximum absolute atomic E-state index is 11.2. The number of carbonyl (C=O) groups is 1. The van der Waals surface area contributed by atoms with E-state index in [-0.39, 0.29) is 0 Å². The lowest BCUT2D eigenvalue weighted by atomic mass is 10.2. The molecule has 0 unspecified atom stereocenters. The maximum atomic E-state index is 11.2. The standard InChI is InChI=1S/C15H15ClN2O2/c16-12-4-1-3-10-6-7-11(17-14(10)12)9-18-8-2-5-13(18)15(19)20/h1,3-4,6-7,13H,2,5,8-9H2,(H,19,20)/t13-/m1/s1. The number of aliphatic carboxylic acids is 1. The fourth-order valence-electron chi connectivity index (χ4n) is 2.74. The summed E-state index contributed by atoms with van der Waals surface area (Å²) in [5, 5.41) is 10.8. The maximum Gasteiger partial charge on any atom is 0.320 e. The number of pyridine rings is 1. The van der Waals surface area contributed by atoms with E-state index < -0.39 is 12.0 Å². The molecule has 1 atom stereocenters. The van der Waals surface area contributed by atoms with Gasteiger partial charge in [0.1, 0.15) is 6.04 Å². The van der Waals surface area contributed by atoms with E-state index in [1.807, 2.05) is 35.2 Å². The van der Waals surface area contributed by atoms with Crippen molar-refractivity contribution in [3.8, 4) is 0 Å². The first-order valence-corrected chi connectivity index (χ1v) is 7.04. The van der Waals surface area contributed by atoms with Gasteiger partial charge >= 0.3 is 5.97 Å². The monoisotopic (exact) mass is 290 g/mol. The van der Waals surface area contributed by atoms with Gasteiger partial charge < -0.3 is 5.11 Å². The van der Waals surface area contributed by atoms with Crippen molar-refractivity contribution in [1.82, 2.24) is 9.88 Å². The van der Waals surface area contributed by atoms with E-state index in [1.165, 1.54) is 0 Å². The lowest BCUT2D eigenvalue weighted by molar-refractivity contribution is -0.142. The molecule has 2 heterocycles. The second kappa shape index (κ2) is 5.38. The predicted molar refractivity (Wildman–Crippen MR) is 77.8 cm³/mol. The van der Waals surface area contributed by atoms with Crippen LogP contribution in [0.1, 0.15) is 18.5 Å². The molecule has 1 aromatic carbocycles. The normalized spacial score (nSPS) is 19.6. The molecule has 1 aliphatic rings. The molecule has 104 valence electrons. The molecule has 0 radical (unpaired) electrons. The Labute approximate surface area is 122 Å². The topological polar surface area (TPSA) is 53.4 Å². The number of likely N-dealkylation sites (tertiary alicyclic amines) is 1. The van der Waals surface area contributed by atoms with Crippen LogP contribution < -0.4 is 0 Å². The van der Waals surface area contributed by atoms with Gasteiger partial charge in [0, 0.05) is 11.9 Å². The molecule has 3 rings (SSSR count). The van der Waals surface area contributed by atoms with Crippen molar-refractivity contribution < 1.29 is 9.90 Å². The van der Waals surface area contributed by atoms with Gasteiger partial charge in [-0.05, 0) is 31.5 Å². The van der Waals surface area contributed by atoms with Crippen molar-refractivity contribution in [2.45, 2.75) is 25.4 Å². The summed E-state index contributed by atoms with van der Waals surface area (Å²) in [5.41, 5.74) is 1.64. The molecule has 20 heavy (non-hydrogen) atoms. The first-order valence-electron chi connectivity index (χ1n) is 6.66. The highest BCUT2D eigenvalue weighted by molar-refractivity contribution is 6.35. The SMILES string of the molecule is O=C(O)[C@H]1CCCN1Cc1ccc2cccc(Cl)c2n1. The molecule has 0 saturated carbocycles. The molecule has 1 saturated heterocycles. The van der Waals surface area contributed by atoms with Crippen LogP contribution >= 0.6 is 11.6 Å². The lowest BCUT2D eigenvalue weighted by Gasteiger charge is -2.20. The molecule has 4 nitrogen and oxygen atoms in total. The summed E-state index contributed by atoms with van der Waals surface area (Å²) in [7, 11) is 0. The van der Waals surface area contributed by atoms with Crippen molar-refractivity contribution in [3.63, 3.8) is 0 Å². The number of hydrogen-bond acceptors (Lipinski definition) is 3. The fraction of sp³-hybridized carbons (Fsp3) is 0.333. The molecule has 0 amide bonds. The van der Waals surface area contributed by atoms with Gasteiger partial charge in [0.2, 0.25) is 0 Å². The van der Waals surface area contributed by atoms with Crippen molar-refractivity contribution in [3.05, 3.63) is 41.0 Å². The third kappa shape index (κ3) is 2.49. The fourth-order valence-corrected chi connectivity index (χ4v) is 2.97. The van der Waals surface area contributed by atoms with Crippen LogP contribution in [0.5, 0.6) is 0 Å². The van der Waals surface area contributed by atoms with Gasteiger partial charge in [0.05, 0.1) is 16.2 Å². The number of hydrogen-bond donors (Lipinski definition) is 1. The van der Waals surface area contributed by atoms with Crippen molar-refractivity contribution in [1.29, 1.82) is 0 Å². The van der Waals surface area contributed by atoms with Crippen LogP contribution in [0, 0.1) is 0 Å². The van der Waals surface area contributed by atoms with E-state index in [0.29, 0.717) is 18.0 Å². The lowest BCUT2D eigenvalue weighted by Crippen LogP contribution is -2.35. The Bertz CT molecular complexity index is 659. The first kappa shape index (κ1) is 13.3. The third-order valence-electron chi connectivity index (χ3n) is 3.74. The van der Waals surface area contributed by atoms with Crippen molar-refractivity contribution in [2.24, 2.45) is 0 Å². The highest BCUT2D eigenvalue weighted by Crippen LogP contribution is 2.24. The summed E-state index contributed by atoms with van der Waals surface area (Å²) < 4.78 is 0. The minimum absolute atomic E-state index is 0.390. The van der Waals surface area contributed by atoms with Gasteiger partial charge in [0.15, 0.2) is 0 Å². The Kier molecular flexibility index (Phi) is 3.59. The number of carboxylic acid groups (broad SMARTS) is 1. The summed E-state index contributed by atoms with van der Waals surface area (Å²) >= 11 is 6.15. The molecule has 5 heteroatoms. The highest BCUT2D eigenvalue weighted by atomic mass is 35.5. The van der Waals surface area contributed by atoms with Crippen LogP contribution in [-0.2, 0) is 11.3 Å². The smallest absolute Gasteiger partial charge is 0.320 e. The minimum Gasteiger partial charge on any atom is -0.480 e. The van der Waals surface area contributed by atoms with E-state index in [4.69, 9.17) is 11.6 Å². The summed E-state index contributed by atoms with van der Waals surface area (Å²) in [4.78, 5) is 17.7. The van der Waals surface area contributed by atoms with Crippen molar-refractivity contribution >= 4 is 28.5 Å². The van der Waals surface area contributed by atoms with Crippen LogP contribution in [-0.4, -0.2) is 33.5 Å². The highest BCUT2D eigenvalue weighted by Gasteiger charge is 2.30. The van der Waals surface area contributed by atoms with Gasteiger partial charge in [-0.2, -0.15) is 0 Å². The Balaban J connectivity index is 1.87. The van der Waals surface area contributed by atoms with Crippen LogP contribution in [0.25, 0.3) is 10.9 Å². The van der Waals surface area contributed by atoms with E-state index in [1.54, 1.807) is 0 Å². The summed E-state index contributed by atoms with van der Waals surface area (Å²) in [6.45, 7) is 1.36. The molecular weight excluding hydrogens is 276 g/mol. The van der Waals surface area contributed by atoms with Crippen LogP contribution in [0.4, 0.5) is 0 Å². The number of aromatic nitrogens is 1. The van der Waals surface area contributed by atoms with Crippen LogP contribution in [0.15, 0.2) is 30.3 Å². The number of nitrogens with zero attached hydrogens (tertiary/aromatic N) is 2. The number of para-hydroxylation sites is 1. The first-order chi connectivity index (χ1) is 9.65. The van der Waals surface area contributed by atoms with Gasteiger partial charge in [-0.25, -0.2) is 4.98 Å². The molecule has 1 N–H and O–H groups in total. The van der Waals surface area contributed by atoms with Gasteiger partial charge in [-0.1, -0.05) is 29.8 Å². The van der Waals surface area contributed by atoms with E-state index >= 15 is 0 Å². The van der Waals surface area contributed by atoms with Gasteiger partial charge in [-0.3, -0.25) is 9.69 Å². The molecule has 0 bridgehead atoms. The zero-order valence-corrected chi connectivity index (χ0v) is 11.7. The van der Waals surface area contributed by atoms with E-state index in [0.717, 1.165) is 29.6 Å². The predicted octanol–water partition coefficient (Wildman–Crippen LogP) is 2.94. The second-order valence-electron chi connectivity index (χ2n) is 5.08. The quantitative estimate of drug-likeness (QED) is 0.944. The molecule has 1 aliphatic heterocycles. The molecule has 2 aromatic rings. The minimum atomic E-state index is -0.749. The molecule has 1 fully saturated rings. The van der Waals surface area contributed by atoms with Gasteiger partial charge in [-0.15, -0.1) is 0 Å². The van der Waals surface area contributed by atoms with E-state index in [2.05, 4.69) is 4.98 Å². The third-order valence-corrected chi connectivity index (χ3v) is 4.05. The molecule has 0 spiro atoms. The van der Waals surface area contributed by atoms with Crippen LogP contribution in [0.2, 0.25) is 5.02 Å². The number of benzene rings is 1. The van der Waals surface area contributed by atoms with Crippen molar-refractivity contribution in [2.75, 3.05) is 6.54 Å².